The standard InChI is InChI=1S/C22H24N4O3/c1-14-9-10-15(2)18(12-14)23-22(27)26-11-5-8-19(26)21-24-20(25-29-21)16-6-4-7-17(13-16)28-3/h4,6-7,9-10,12-13,19H,5,8,11H2,1-3H3,(H,23,27). The molecule has 0 aliphatic carbocycles. The largest absolute Gasteiger partial charge is 0.497 e. The molecule has 3 aromatic rings. The van der Waals surface area contributed by atoms with Crippen LogP contribution in [0, 0.1) is 13.8 Å². The summed E-state index contributed by atoms with van der Waals surface area (Å²) in [7, 11) is 1.62. The maximum atomic E-state index is 12.9. The topological polar surface area (TPSA) is 80.5 Å². The Morgan fingerprint density at radius 2 is 2.10 bits per heavy atom. The predicted molar refractivity (Wildman–Crippen MR) is 110 cm³/mol. The maximum Gasteiger partial charge on any atom is 0.322 e. The van der Waals surface area contributed by atoms with E-state index in [0.717, 1.165) is 41.0 Å². The van der Waals surface area contributed by atoms with E-state index in [4.69, 9.17) is 9.26 Å². The lowest BCUT2D eigenvalue weighted by Crippen LogP contribution is -2.34. The number of anilines is 1. The summed E-state index contributed by atoms with van der Waals surface area (Å²) >= 11 is 0. The molecule has 1 saturated heterocycles. The van der Waals surface area contributed by atoms with Crippen LogP contribution < -0.4 is 10.1 Å². The third-order valence-corrected chi connectivity index (χ3v) is 5.20. The van der Waals surface area contributed by atoms with Crippen LogP contribution in [-0.2, 0) is 0 Å². The van der Waals surface area contributed by atoms with E-state index in [1.54, 1.807) is 12.0 Å². The van der Waals surface area contributed by atoms with Crippen molar-refractivity contribution in [1.82, 2.24) is 15.0 Å². The molecule has 0 saturated carbocycles. The number of hydrogen-bond donors (Lipinski definition) is 1. The molecule has 1 N–H and O–H groups in total. The third kappa shape index (κ3) is 3.94. The van der Waals surface area contributed by atoms with Gasteiger partial charge in [-0.3, -0.25) is 0 Å². The highest BCUT2D eigenvalue weighted by Crippen LogP contribution is 2.33. The molecule has 0 spiro atoms. The Labute approximate surface area is 169 Å². The van der Waals surface area contributed by atoms with Gasteiger partial charge in [0.2, 0.25) is 11.7 Å². The highest BCUT2D eigenvalue weighted by atomic mass is 16.5. The van der Waals surface area contributed by atoms with Gasteiger partial charge in [-0.2, -0.15) is 4.98 Å². The minimum Gasteiger partial charge on any atom is -0.497 e. The Balaban J connectivity index is 1.53. The molecular formula is C22H24N4O3. The maximum absolute atomic E-state index is 12.9. The quantitative estimate of drug-likeness (QED) is 0.694. The number of ether oxygens (including phenoxy) is 1. The molecule has 150 valence electrons. The van der Waals surface area contributed by atoms with Crippen molar-refractivity contribution in [3.63, 3.8) is 0 Å². The SMILES string of the molecule is COc1cccc(-c2noc(C3CCCN3C(=O)Nc3cc(C)ccc3C)n2)c1. The van der Waals surface area contributed by atoms with Gasteiger partial charge < -0.3 is 19.5 Å². The number of hydrogen-bond acceptors (Lipinski definition) is 5. The van der Waals surface area contributed by atoms with Gasteiger partial charge in [-0.1, -0.05) is 29.4 Å². The van der Waals surface area contributed by atoms with E-state index < -0.39 is 0 Å². The monoisotopic (exact) mass is 392 g/mol. The highest BCUT2D eigenvalue weighted by molar-refractivity contribution is 5.90. The number of aryl methyl sites for hydroxylation is 2. The molecule has 0 radical (unpaired) electrons. The molecule has 2 amide bonds. The van der Waals surface area contributed by atoms with Crippen LogP contribution in [0.3, 0.4) is 0 Å². The van der Waals surface area contributed by atoms with E-state index in [1.807, 2.05) is 56.3 Å². The van der Waals surface area contributed by atoms with Crippen molar-refractivity contribution in [3.8, 4) is 17.1 Å². The predicted octanol–water partition coefficient (Wildman–Crippen LogP) is 4.73. The molecule has 1 atom stereocenters. The van der Waals surface area contributed by atoms with Crippen LogP contribution in [0.5, 0.6) is 5.75 Å². The first-order valence-corrected chi connectivity index (χ1v) is 9.68. The summed E-state index contributed by atoms with van der Waals surface area (Å²) in [5, 5.41) is 7.14. The summed E-state index contributed by atoms with van der Waals surface area (Å²) in [6.07, 6.45) is 1.68. The van der Waals surface area contributed by atoms with Crippen LogP contribution in [0.15, 0.2) is 47.0 Å². The van der Waals surface area contributed by atoms with Crippen LogP contribution in [0.25, 0.3) is 11.4 Å². The molecule has 29 heavy (non-hydrogen) atoms. The van der Waals surface area contributed by atoms with Gasteiger partial charge in [0.1, 0.15) is 11.8 Å². The number of benzene rings is 2. The number of amides is 2. The van der Waals surface area contributed by atoms with Crippen molar-refractivity contribution in [2.24, 2.45) is 0 Å². The van der Waals surface area contributed by atoms with Gasteiger partial charge in [0.25, 0.3) is 0 Å². The van der Waals surface area contributed by atoms with Gasteiger partial charge in [-0.15, -0.1) is 0 Å². The summed E-state index contributed by atoms with van der Waals surface area (Å²) in [5.74, 6) is 1.67. The van der Waals surface area contributed by atoms with Gasteiger partial charge in [-0.25, -0.2) is 4.79 Å². The van der Waals surface area contributed by atoms with Gasteiger partial charge >= 0.3 is 6.03 Å². The number of methoxy groups -OCH3 is 1. The highest BCUT2D eigenvalue weighted by Gasteiger charge is 2.34. The molecule has 2 heterocycles. The fourth-order valence-corrected chi connectivity index (χ4v) is 3.57. The van der Waals surface area contributed by atoms with Crippen molar-refractivity contribution in [1.29, 1.82) is 0 Å². The molecule has 2 aromatic carbocycles. The first-order chi connectivity index (χ1) is 14.0. The van der Waals surface area contributed by atoms with E-state index in [-0.39, 0.29) is 12.1 Å². The fraction of sp³-hybridized carbons (Fsp3) is 0.318. The average molecular weight is 392 g/mol. The minimum absolute atomic E-state index is 0.151. The van der Waals surface area contributed by atoms with Gasteiger partial charge in [-0.05, 0) is 56.0 Å². The lowest BCUT2D eigenvalue weighted by molar-refractivity contribution is 0.193. The third-order valence-electron chi connectivity index (χ3n) is 5.20. The number of nitrogens with zero attached hydrogens (tertiary/aromatic N) is 3. The normalized spacial score (nSPS) is 16.1. The molecule has 1 fully saturated rings. The first-order valence-electron chi connectivity index (χ1n) is 9.68. The van der Waals surface area contributed by atoms with E-state index in [2.05, 4.69) is 15.5 Å². The number of aromatic nitrogens is 2. The van der Waals surface area contributed by atoms with Crippen molar-refractivity contribution in [2.75, 3.05) is 19.0 Å². The number of nitrogens with one attached hydrogen (secondary N) is 1. The van der Waals surface area contributed by atoms with Crippen LogP contribution in [0.4, 0.5) is 10.5 Å². The summed E-state index contributed by atoms with van der Waals surface area (Å²) in [4.78, 5) is 19.3. The zero-order chi connectivity index (χ0) is 20.4. The zero-order valence-electron chi connectivity index (χ0n) is 16.8. The minimum atomic E-state index is -0.230. The summed E-state index contributed by atoms with van der Waals surface area (Å²) < 4.78 is 10.8. The number of likely N-dealkylation sites (tertiary alicyclic amines) is 1. The smallest absolute Gasteiger partial charge is 0.322 e. The van der Waals surface area contributed by atoms with Crippen LogP contribution >= 0.6 is 0 Å². The van der Waals surface area contributed by atoms with Crippen molar-refractivity contribution in [3.05, 3.63) is 59.5 Å². The Morgan fingerprint density at radius 3 is 2.93 bits per heavy atom. The first kappa shape index (κ1) is 19.0. The molecule has 1 aliphatic rings. The van der Waals surface area contributed by atoms with Gasteiger partial charge in [0.15, 0.2) is 0 Å². The van der Waals surface area contributed by atoms with Gasteiger partial charge in [0, 0.05) is 17.8 Å². The second-order valence-corrected chi connectivity index (χ2v) is 7.29. The average Bonchev–Trinajstić information content (AvgIpc) is 3.40. The van der Waals surface area contributed by atoms with E-state index in [9.17, 15) is 4.79 Å². The number of carbonyl (C=O) groups excluding carboxylic acids is 1. The Morgan fingerprint density at radius 1 is 1.24 bits per heavy atom. The van der Waals surface area contributed by atoms with Crippen LogP contribution in [0.2, 0.25) is 0 Å². The molecule has 1 aliphatic heterocycles. The van der Waals surface area contributed by atoms with E-state index in [1.165, 1.54) is 0 Å². The molecule has 7 heteroatoms. The summed E-state index contributed by atoms with van der Waals surface area (Å²) in [5.41, 5.74) is 3.76. The fourth-order valence-electron chi connectivity index (χ4n) is 3.57. The molecule has 4 rings (SSSR count). The zero-order valence-corrected chi connectivity index (χ0v) is 16.8. The second kappa shape index (κ2) is 7.95. The Hall–Kier alpha value is -3.35. The summed E-state index contributed by atoms with van der Waals surface area (Å²) in [6, 6.07) is 13.1. The van der Waals surface area contributed by atoms with E-state index >= 15 is 0 Å². The molecular weight excluding hydrogens is 368 g/mol. The Kier molecular flexibility index (Phi) is 5.20. The number of urea groups is 1. The van der Waals surface area contributed by atoms with Gasteiger partial charge in [0.05, 0.1) is 7.11 Å². The molecule has 1 aromatic heterocycles. The van der Waals surface area contributed by atoms with E-state index in [0.29, 0.717) is 18.3 Å². The molecule has 1 unspecified atom stereocenters. The lowest BCUT2D eigenvalue weighted by atomic mass is 10.1. The second-order valence-electron chi connectivity index (χ2n) is 7.29. The number of rotatable bonds is 4. The molecule has 7 nitrogen and oxygen atoms in total. The van der Waals surface area contributed by atoms with Crippen molar-refractivity contribution in [2.45, 2.75) is 32.7 Å². The Bertz CT molecular complexity index is 1030. The molecule has 0 bridgehead atoms. The van der Waals surface area contributed by atoms with Crippen LogP contribution in [-0.4, -0.2) is 34.7 Å². The summed E-state index contributed by atoms with van der Waals surface area (Å²) in [6.45, 7) is 4.64. The van der Waals surface area contributed by atoms with Crippen molar-refractivity contribution < 1.29 is 14.1 Å². The lowest BCUT2D eigenvalue weighted by Gasteiger charge is -2.23. The van der Waals surface area contributed by atoms with Crippen molar-refractivity contribution >= 4 is 11.7 Å². The number of carbonyl (C=O) groups is 1. The van der Waals surface area contributed by atoms with Crippen LogP contribution in [0.1, 0.15) is 35.9 Å².